The van der Waals surface area contributed by atoms with E-state index in [4.69, 9.17) is 11.6 Å². The van der Waals surface area contributed by atoms with Gasteiger partial charge in [-0.15, -0.1) is 0 Å². The minimum Gasteiger partial charge on any atom is -0.359 e. The van der Waals surface area contributed by atoms with Crippen molar-refractivity contribution in [1.82, 2.24) is 10.6 Å². The molecule has 0 aromatic heterocycles. The average molecular weight is 297 g/mol. The molecule has 5 nitrogen and oxygen atoms in total. The van der Waals surface area contributed by atoms with E-state index in [0.29, 0.717) is 17.5 Å². The number of nitrogens with zero attached hydrogens (tertiary/aromatic N) is 2. The fraction of sp³-hybridized carbons (Fsp3) is 0.429. The standard InChI is InChI=1S/C14H21ClN4O/c1-5-10-8-7-9-11(15)12(10)19(6-2)14(20)18-13(16-3)17-4/h7-9H,5-6H2,1-4H3,(H2,16,17,18,20). The van der Waals surface area contributed by atoms with Gasteiger partial charge in [0, 0.05) is 20.6 Å². The zero-order valence-corrected chi connectivity index (χ0v) is 13.1. The van der Waals surface area contributed by atoms with Gasteiger partial charge < -0.3 is 5.32 Å². The molecule has 1 rings (SSSR count). The number of urea groups is 1. The normalized spacial score (nSPS) is 11.2. The Morgan fingerprint density at radius 1 is 1.40 bits per heavy atom. The molecular formula is C14H21ClN4O. The molecule has 1 aromatic carbocycles. The molecule has 6 heteroatoms. The number of hydrogen-bond donors (Lipinski definition) is 2. The number of anilines is 1. The minimum absolute atomic E-state index is 0.259. The molecule has 0 aliphatic heterocycles. The van der Waals surface area contributed by atoms with Crippen LogP contribution >= 0.6 is 11.6 Å². The number of carbonyl (C=O) groups is 1. The molecule has 110 valence electrons. The van der Waals surface area contributed by atoms with E-state index in [1.54, 1.807) is 25.1 Å². The van der Waals surface area contributed by atoms with Crippen molar-refractivity contribution in [1.29, 1.82) is 0 Å². The predicted octanol–water partition coefficient (Wildman–Crippen LogP) is 2.64. The summed E-state index contributed by atoms with van der Waals surface area (Å²) in [7, 11) is 3.31. The van der Waals surface area contributed by atoms with E-state index < -0.39 is 0 Å². The van der Waals surface area contributed by atoms with Gasteiger partial charge >= 0.3 is 6.03 Å². The van der Waals surface area contributed by atoms with Gasteiger partial charge in [0.05, 0.1) is 10.7 Å². The molecule has 0 saturated carbocycles. The van der Waals surface area contributed by atoms with Gasteiger partial charge in [0.15, 0.2) is 5.96 Å². The van der Waals surface area contributed by atoms with E-state index in [2.05, 4.69) is 15.6 Å². The first-order valence-corrected chi connectivity index (χ1v) is 6.97. The number of hydrogen-bond acceptors (Lipinski definition) is 2. The van der Waals surface area contributed by atoms with E-state index >= 15 is 0 Å². The van der Waals surface area contributed by atoms with Gasteiger partial charge in [0.1, 0.15) is 0 Å². The lowest BCUT2D eigenvalue weighted by atomic mass is 10.1. The van der Waals surface area contributed by atoms with Gasteiger partial charge in [-0.1, -0.05) is 30.7 Å². The third-order valence-corrected chi connectivity index (χ3v) is 3.27. The Kier molecular flexibility index (Phi) is 6.31. The Labute approximate surface area is 125 Å². The summed E-state index contributed by atoms with van der Waals surface area (Å²) in [6, 6.07) is 5.40. The molecule has 0 saturated heterocycles. The molecule has 2 N–H and O–H groups in total. The van der Waals surface area contributed by atoms with Crippen molar-refractivity contribution in [2.24, 2.45) is 4.99 Å². The van der Waals surface area contributed by atoms with Gasteiger partial charge in [0.25, 0.3) is 0 Å². The summed E-state index contributed by atoms with van der Waals surface area (Å²) in [5, 5.41) is 6.10. The van der Waals surface area contributed by atoms with E-state index in [1.165, 1.54) is 0 Å². The number of aryl methyl sites for hydroxylation is 1. The van der Waals surface area contributed by atoms with Crippen molar-refractivity contribution >= 4 is 29.3 Å². The van der Waals surface area contributed by atoms with Crippen LogP contribution in [0.2, 0.25) is 5.02 Å². The highest BCUT2D eigenvalue weighted by atomic mass is 35.5. The Hall–Kier alpha value is -1.75. The summed E-state index contributed by atoms with van der Waals surface area (Å²) in [5.41, 5.74) is 1.79. The van der Waals surface area contributed by atoms with Crippen LogP contribution in [0.3, 0.4) is 0 Å². The van der Waals surface area contributed by atoms with Crippen LogP contribution in [0.5, 0.6) is 0 Å². The number of guanidine groups is 1. The van der Waals surface area contributed by atoms with Crippen molar-refractivity contribution < 1.29 is 4.79 Å². The number of halogens is 1. The molecule has 0 unspecified atom stereocenters. The molecule has 0 fully saturated rings. The van der Waals surface area contributed by atoms with E-state index in [1.807, 2.05) is 26.0 Å². The lowest BCUT2D eigenvalue weighted by Crippen LogP contribution is -2.47. The van der Waals surface area contributed by atoms with Crippen molar-refractivity contribution in [3.8, 4) is 0 Å². The minimum atomic E-state index is -0.259. The van der Waals surface area contributed by atoms with Crippen molar-refractivity contribution in [2.75, 3.05) is 25.5 Å². The maximum absolute atomic E-state index is 12.4. The summed E-state index contributed by atoms with van der Waals surface area (Å²) in [5.74, 6) is 0.415. The lowest BCUT2D eigenvalue weighted by molar-refractivity contribution is 0.250. The molecule has 2 amide bonds. The molecular weight excluding hydrogens is 276 g/mol. The van der Waals surface area contributed by atoms with E-state index in [9.17, 15) is 4.79 Å². The summed E-state index contributed by atoms with van der Waals surface area (Å²) < 4.78 is 0. The first kappa shape index (κ1) is 16.3. The molecule has 0 bridgehead atoms. The maximum Gasteiger partial charge on any atom is 0.328 e. The average Bonchev–Trinajstić information content (AvgIpc) is 2.46. The van der Waals surface area contributed by atoms with Crippen LogP contribution in [0.1, 0.15) is 19.4 Å². The maximum atomic E-state index is 12.4. The summed E-state index contributed by atoms with van der Waals surface area (Å²) in [4.78, 5) is 17.9. The fourth-order valence-corrected chi connectivity index (χ4v) is 2.25. The first-order valence-electron chi connectivity index (χ1n) is 6.59. The van der Waals surface area contributed by atoms with Gasteiger partial charge in [-0.25, -0.2) is 4.79 Å². The Morgan fingerprint density at radius 3 is 2.60 bits per heavy atom. The van der Waals surface area contributed by atoms with Crippen molar-refractivity contribution in [3.63, 3.8) is 0 Å². The third kappa shape index (κ3) is 3.63. The fourth-order valence-electron chi connectivity index (χ4n) is 1.95. The second-order valence-corrected chi connectivity index (χ2v) is 4.50. The number of amides is 2. The van der Waals surface area contributed by atoms with Crippen LogP contribution in [0.15, 0.2) is 23.2 Å². The number of para-hydroxylation sites is 1. The van der Waals surface area contributed by atoms with Crippen LogP contribution in [0.25, 0.3) is 0 Å². The van der Waals surface area contributed by atoms with Crippen molar-refractivity contribution in [2.45, 2.75) is 20.3 Å². The molecule has 0 heterocycles. The molecule has 20 heavy (non-hydrogen) atoms. The molecule has 0 atom stereocenters. The predicted molar refractivity (Wildman–Crippen MR) is 84.8 cm³/mol. The largest absolute Gasteiger partial charge is 0.359 e. The zero-order chi connectivity index (χ0) is 15.1. The van der Waals surface area contributed by atoms with Crippen LogP contribution in [0.4, 0.5) is 10.5 Å². The topological polar surface area (TPSA) is 56.7 Å². The van der Waals surface area contributed by atoms with Crippen LogP contribution in [0, 0.1) is 0 Å². The Morgan fingerprint density at radius 2 is 2.10 bits per heavy atom. The van der Waals surface area contributed by atoms with Gasteiger partial charge in [-0.05, 0) is 25.0 Å². The summed E-state index contributed by atoms with van der Waals surface area (Å²) >= 11 is 6.26. The highest BCUT2D eigenvalue weighted by molar-refractivity contribution is 6.34. The van der Waals surface area contributed by atoms with Crippen molar-refractivity contribution in [3.05, 3.63) is 28.8 Å². The van der Waals surface area contributed by atoms with Gasteiger partial charge in [0.2, 0.25) is 0 Å². The highest BCUT2D eigenvalue weighted by Crippen LogP contribution is 2.30. The number of aliphatic imine (C=N–C) groups is 1. The SMILES string of the molecule is CCc1cccc(Cl)c1N(CC)C(=O)NC(=NC)NC. The highest BCUT2D eigenvalue weighted by Gasteiger charge is 2.20. The molecule has 0 aliphatic carbocycles. The number of carbonyl (C=O) groups excluding carboxylic acids is 1. The Balaban J connectivity index is 3.11. The van der Waals surface area contributed by atoms with Gasteiger partial charge in [-0.3, -0.25) is 15.2 Å². The summed E-state index contributed by atoms with van der Waals surface area (Å²) in [6.07, 6.45) is 0.806. The summed E-state index contributed by atoms with van der Waals surface area (Å²) in [6.45, 7) is 4.46. The van der Waals surface area contributed by atoms with E-state index in [0.717, 1.165) is 17.7 Å². The van der Waals surface area contributed by atoms with Crippen LogP contribution in [-0.2, 0) is 6.42 Å². The quantitative estimate of drug-likeness (QED) is 0.665. The van der Waals surface area contributed by atoms with Crippen LogP contribution in [-0.4, -0.2) is 32.6 Å². The third-order valence-electron chi connectivity index (χ3n) is 2.97. The number of rotatable bonds is 3. The monoisotopic (exact) mass is 296 g/mol. The Bertz CT molecular complexity index is 502. The smallest absolute Gasteiger partial charge is 0.328 e. The molecule has 0 spiro atoms. The number of benzene rings is 1. The number of nitrogens with one attached hydrogen (secondary N) is 2. The van der Waals surface area contributed by atoms with Gasteiger partial charge in [-0.2, -0.15) is 0 Å². The second-order valence-electron chi connectivity index (χ2n) is 4.10. The van der Waals surface area contributed by atoms with E-state index in [-0.39, 0.29) is 6.03 Å². The zero-order valence-electron chi connectivity index (χ0n) is 12.3. The second kappa shape index (κ2) is 7.75. The lowest BCUT2D eigenvalue weighted by Gasteiger charge is -2.25. The molecule has 1 aromatic rings. The van der Waals surface area contributed by atoms with Crippen LogP contribution < -0.4 is 15.5 Å². The first-order chi connectivity index (χ1) is 9.58. The molecule has 0 radical (unpaired) electrons. The molecule has 0 aliphatic rings.